The van der Waals surface area contributed by atoms with Crippen LogP contribution in [0.1, 0.15) is 0 Å². The highest BCUT2D eigenvalue weighted by Gasteiger charge is 2.23. The Morgan fingerprint density at radius 2 is 1.67 bits per heavy atom. The number of sulfonamides is 1. The van der Waals surface area contributed by atoms with Crippen LogP contribution < -0.4 is 4.90 Å². The van der Waals surface area contributed by atoms with Crippen molar-refractivity contribution >= 4 is 38.9 Å². The fourth-order valence-corrected chi connectivity index (χ4v) is 3.08. The van der Waals surface area contributed by atoms with Crippen molar-refractivity contribution in [1.29, 1.82) is 0 Å². The van der Waals surface area contributed by atoms with E-state index >= 15 is 0 Å². The Balaban J connectivity index is 2.08. The second-order valence-electron chi connectivity index (χ2n) is 4.25. The molecule has 0 spiro atoms. The van der Waals surface area contributed by atoms with E-state index in [1.165, 1.54) is 10.6 Å². The third-order valence-electron chi connectivity index (χ3n) is 2.98. The van der Waals surface area contributed by atoms with Crippen LogP contribution in [0.25, 0.3) is 0 Å². The lowest BCUT2D eigenvalue weighted by Crippen LogP contribution is -2.48. The second-order valence-corrected chi connectivity index (χ2v) is 7.04. The molecule has 0 amide bonds. The molecule has 1 aromatic carbocycles. The van der Waals surface area contributed by atoms with Crippen molar-refractivity contribution in [3.63, 3.8) is 0 Å². The van der Waals surface area contributed by atoms with Crippen molar-refractivity contribution in [1.82, 2.24) is 4.31 Å². The van der Waals surface area contributed by atoms with Crippen molar-refractivity contribution < 1.29 is 8.42 Å². The third-order valence-corrected chi connectivity index (χ3v) is 5.02. The number of benzene rings is 1. The molecule has 1 saturated heterocycles. The summed E-state index contributed by atoms with van der Waals surface area (Å²) in [6.07, 6.45) is 1.24. The van der Waals surface area contributed by atoms with Crippen molar-refractivity contribution in [3.8, 4) is 0 Å². The molecule has 0 saturated carbocycles. The van der Waals surface area contributed by atoms with E-state index in [0.717, 1.165) is 5.69 Å². The molecule has 2 rings (SSSR count). The lowest BCUT2D eigenvalue weighted by molar-refractivity contribution is 0.388. The average molecular weight is 309 g/mol. The van der Waals surface area contributed by atoms with Gasteiger partial charge < -0.3 is 4.90 Å². The summed E-state index contributed by atoms with van der Waals surface area (Å²) in [6, 6.07) is 5.45. The number of anilines is 1. The molecule has 1 fully saturated rings. The van der Waals surface area contributed by atoms with Gasteiger partial charge in [0.25, 0.3) is 0 Å². The third kappa shape index (κ3) is 3.09. The monoisotopic (exact) mass is 308 g/mol. The maximum Gasteiger partial charge on any atom is 0.211 e. The number of rotatable bonds is 2. The van der Waals surface area contributed by atoms with Crippen LogP contribution in [0.3, 0.4) is 0 Å². The van der Waals surface area contributed by atoms with Gasteiger partial charge in [-0.2, -0.15) is 4.31 Å². The van der Waals surface area contributed by atoms with Gasteiger partial charge in [-0.15, -0.1) is 0 Å². The van der Waals surface area contributed by atoms with Crippen LogP contribution in [0.4, 0.5) is 5.69 Å². The van der Waals surface area contributed by atoms with Gasteiger partial charge in [0.15, 0.2) is 0 Å². The van der Waals surface area contributed by atoms with Crippen molar-refractivity contribution in [2.45, 2.75) is 0 Å². The van der Waals surface area contributed by atoms with Gasteiger partial charge in [-0.3, -0.25) is 0 Å². The molecule has 0 N–H and O–H groups in total. The number of hydrogen-bond acceptors (Lipinski definition) is 3. The number of halogens is 2. The Morgan fingerprint density at radius 1 is 1.06 bits per heavy atom. The Labute approximate surface area is 117 Å². The zero-order valence-electron chi connectivity index (χ0n) is 9.94. The van der Waals surface area contributed by atoms with Gasteiger partial charge in [0.05, 0.1) is 16.3 Å². The molecule has 1 aromatic rings. The molecule has 100 valence electrons. The maximum atomic E-state index is 11.4. The summed E-state index contributed by atoms with van der Waals surface area (Å²) in [4.78, 5) is 2.10. The molecule has 0 aliphatic carbocycles. The Morgan fingerprint density at radius 3 is 2.17 bits per heavy atom. The number of piperazine rings is 1. The van der Waals surface area contributed by atoms with Crippen LogP contribution in [0.15, 0.2) is 18.2 Å². The fraction of sp³-hybridized carbons (Fsp3) is 0.455. The van der Waals surface area contributed by atoms with E-state index in [0.29, 0.717) is 36.2 Å². The van der Waals surface area contributed by atoms with Gasteiger partial charge in [-0.05, 0) is 18.2 Å². The highest BCUT2D eigenvalue weighted by molar-refractivity contribution is 7.88. The lowest BCUT2D eigenvalue weighted by Gasteiger charge is -2.34. The first kappa shape index (κ1) is 13.9. The summed E-state index contributed by atoms with van der Waals surface area (Å²) in [5.74, 6) is 0. The quantitative estimate of drug-likeness (QED) is 0.840. The van der Waals surface area contributed by atoms with Gasteiger partial charge in [0.2, 0.25) is 10.0 Å². The normalized spacial score (nSPS) is 18.1. The molecule has 0 aromatic heterocycles. The fourth-order valence-electron chi connectivity index (χ4n) is 1.96. The Bertz CT molecular complexity index is 540. The van der Waals surface area contributed by atoms with Crippen LogP contribution in [0.5, 0.6) is 0 Å². The van der Waals surface area contributed by atoms with Crippen molar-refractivity contribution in [2.75, 3.05) is 37.3 Å². The molecule has 0 atom stereocenters. The lowest BCUT2D eigenvalue weighted by atomic mass is 10.2. The van der Waals surface area contributed by atoms with E-state index in [9.17, 15) is 8.42 Å². The van der Waals surface area contributed by atoms with Crippen LogP contribution in [-0.4, -0.2) is 45.2 Å². The first-order valence-corrected chi connectivity index (χ1v) is 8.13. The summed E-state index contributed by atoms with van der Waals surface area (Å²) in [5, 5.41) is 1.04. The zero-order valence-corrected chi connectivity index (χ0v) is 12.3. The van der Waals surface area contributed by atoms with Gasteiger partial charge >= 0.3 is 0 Å². The van der Waals surface area contributed by atoms with E-state index in [4.69, 9.17) is 23.2 Å². The van der Waals surface area contributed by atoms with E-state index in [2.05, 4.69) is 4.90 Å². The van der Waals surface area contributed by atoms with E-state index in [-0.39, 0.29) is 0 Å². The minimum atomic E-state index is -3.09. The Kier molecular flexibility index (Phi) is 4.06. The first-order valence-electron chi connectivity index (χ1n) is 5.53. The second kappa shape index (κ2) is 5.25. The van der Waals surface area contributed by atoms with Crippen LogP contribution >= 0.6 is 23.2 Å². The van der Waals surface area contributed by atoms with Gasteiger partial charge in [0, 0.05) is 31.9 Å². The topological polar surface area (TPSA) is 40.6 Å². The molecule has 1 heterocycles. The predicted octanol–water partition coefficient (Wildman–Crippen LogP) is 2.08. The largest absolute Gasteiger partial charge is 0.369 e. The minimum Gasteiger partial charge on any atom is -0.369 e. The summed E-state index contributed by atoms with van der Waals surface area (Å²) in [6.45, 7) is 2.31. The predicted molar refractivity (Wildman–Crippen MR) is 75.1 cm³/mol. The zero-order chi connectivity index (χ0) is 13.3. The molecule has 0 bridgehead atoms. The number of hydrogen-bond donors (Lipinski definition) is 0. The molecule has 4 nitrogen and oxygen atoms in total. The average Bonchev–Trinajstić information content (AvgIpc) is 2.32. The van der Waals surface area contributed by atoms with Crippen molar-refractivity contribution in [2.24, 2.45) is 0 Å². The highest BCUT2D eigenvalue weighted by atomic mass is 35.5. The summed E-state index contributed by atoms with van der Waals surface area (Å²) in [7, 11) is -3.09. The van der Waals surface area contributed by atoms with Gasteiger partial charge in [-0.25, -0.2) is 8.42 Å². The van der Waals surface area contributed by atoms with E-state index < -0.39 is 10.0 Å². The van der Waals surface area contributed by atoms with E-state index in [1.807, 2.05) is 6.07 Å². The van der Waals surface area contributed by atoms with Crippen molar-refractivity contribution in [3.05, 3.63) is 28.2 Å². The van der Waals surface area contributed by atoms with Crippen LogP contribution in [0.2, 0.25) is 10.0 Å². The van der Waals surface area contributed by atoms with Gasteiger partial charge in [-0.1, -0.05) is 23.2 Å². The van der Waals surface area contributed by atoms with E-state index in [1.54, 1.807) is 12.1 Å². The maximum absolute atomic E-state index is 11.4. The summed E-state index contributed by atoms with van der Waals surface area (Å²) in [5.41, 5.74) is 0.970. The molecular weight excluding hydrogens is 295 g/mol. The molecular formula is C11H14Cl2N2O2S. The molecule has 1 aliphatic rings. The first-order chi connectivity index (χ1) is 8.38. The number of nitrogens with zero attached hydrogens (tertiary/aromatic N) is 2. The van der Waals surface area contributed by atoms with Gasteiger partial charge in [0.1, 0.15) is 0 Å². The summed E-state index contributed by atoms with van der Waals surface area (Å²) < 4.78 is 24.3. The Hall–Kier alpha value is -0.490. The SMILES string of the molecule is CS(=O)(=O)N1CCN(c2ccc(Cl)c(Cl)c2)CC1. The highest BCUT2D eigenvalue weighted by Crippen LogP contribution is 2.27. The minimum absolute atomic E-state index is 0.499. The van der Waals surface area contributed by atoms with Crippen LogP contribution in [-0.2, 0) is 10.0 Å². The molecule has 0 unspecified atom stereocenters. The molecule has 7 heteroatoms. The molecule has 18 heavy (non-hydrogen) atoms. The molecule has 0 radical (unpaired) electrons. The molecule has 1 aliphatic heterocycles. The summed E-state index contributed by atoms with van der Waals surface area (Å²) >= 11 is 11.8. The smallest absolute Gasteiger partial charge is 0.211 e. The van der Waals surface area contributed by atoms with Crippen LogP contribution in [0, 0.1) is 0 Å². The standard InChI is InChI=1S/C11H14Cl2N2O2S/c1-18(16,17)15-6-4-14(5-7-15)9-2-3-10(12)11(13)8-9/h2-3,8H,4-7H2,1H3.